The van der Waals surface area contributed by atoms with Crippen molar-refractivity contribution in [1.82, 2.24) is 24.8 Å². The van der Waals surface area contributed by atoms with Crippen LogP contribution in [0.4, 0.5) is 0 Å². The third kappa shape index (κ3) is 4.09. The Kier molecular flexibility index (Phi) is 5.26. The summed E-state index contributed by atoms with van der Waals surface area (Å²) in [6, 6.07) is 14.4. The van der Waals surface area contributed by atoms with Crippen molar-refractivity contribution < 1.29 is 4.79 Å². The summed E-state index contributed by atoms with van der Waals surface area (Å²) in [6.07, 6.45) is 4.03. The monoisotopic (exact) mass is 417 g/mol. The number of nitrogens with one attached hydrogen (secondary N) is 1. The van der Waals surface area contributed by atoms with Crippen molar-refractivity contribution in [3.8, 4) is 0 Å². The van der Waals surface area contributed by atoms with Crippen molar-refractivity contribution >= 4 is 16.9 Å². The highest BCUT2D eigenvalue weighted by molar-refractivity contribution is 5.82. The number of hydrogen-bond donors (Lipinski definition) is 1. The number of amides is 1. The van der Waals surface area contributed by atoms with E-state index in [9.17, 15) is 4.79 Å². The number of rotatable bonds is 6. The molecule has 6 heteroatoms. The molecule has 2 fully saturated rings. The molecule has 5 rings (SSSR count). The third-order valence-electron chi connectivity index (χ3n) is 7.22. The third-order valence-corrected chi connectivity index (χ3v) is 7.22. The number of pyridine rings is 1. The van der Waals surface area contributed by atoms with Crippen LogP contribution in [0.15, 0.2) is 42.5 Å². The standard InChI is InChI=1S/C25H31N5O/c1-18-6-5-7-19(27-18)17-30-14-11-25(12-15-30)16-20(25)24(31)26-13-10-23-28-21-8-3-4-9-22(21)29(23)2/h3-9,20H,10-17H2,1-2H3,(H,26,31)/t20-/m0/s1. The van der Waals surface area contributed by atoms with E-state index < -0.39 is 0 Å². The average Bonchev–Trinajstić information content (AvgIpc) is 3.38. The SMILES string of the molecule is Cc1cccc(CN2CCC3(CC2)C[C@H]3C(=O)NCCc2nc3ccccc3n2C)n1. The van der Waals surface area contributed by atoms with E-state index in [1.165, 1.54) is 0 Å². The van der Waals surface area contributed by atoms with Crippen LogP contribution >= 0.6 is 0 Å². The Morgan fingerprint density at radius 2 is 1.94 bits per heavy atom. The van der Waals surface area contributed by atoms with Gasteiger partial charge < -0.3 is 9.88 Å². The molecule has 1 aliphatic carbocycles. The number of aromatic nitrogens is 3. The molecule has 2 aromatic heterocycles. The largest absolute Gasteiger partial charge is 0.355 e. The lowest BCUT2D eigenvalue weighted by Crippen LogP contribution is -2.37. The summed E-state index contributed by atoms with van der Waals surface area (Å²) in [4.78, 5) is 24.6. The van der Waals surface area contributed by atoms with E-state index in [0.717, 1.165) is 73.6 Å². The molecule has 31 heavy (non-hydrogen) atoms. The number of carbonyl (C=O) groups excluding carboxylic acids is 1. The van der Waals surface area contributed by atoms with Gasteiger partial charge in [-0.05, 0) is 69.0 Å². The first-order chi connectivity index (χ1) is 15.0. The fourth-order valence-electron chi connectivity index (χ4n) is 5.18. The number of hydrogen-bond acceptors (Lipinski definition) is 4. The first-order valence-corrected chi connectivity index (χ1v) is 11.4. The Morgan fingerprint density at radius 3 is 2.71 bits per heavy atom. The summed E-state index contributed by atoms with van der Waals surface area (Å²) in [7, 11) is 2.04. The second-order valence-electron chi connectivity index (χ2n) is 9.28. The Balaban J connectivity index is 1.09. The predicted molar refractivity (Wildman–Crippen MR) is 121 cm³/mol. The topological polar surface area (TPSA) is 63.1 Å². The Labute approximate surface area is 183 Å². The van der Waals surface area contributed by atoms with Gasteiger partial charge in [-0.1, -0.05) is 18.2 Å². The van der Waals surface area contributed by atoms with Gasteiger partial charge in [-0.15, -0.1) is 0 Å². The van der Waals surface area contributed by atoms with E-state index in [4.69, 9.17) is 4.98 Å². The molecule has 0 radical (unpaired) electrons. The van der Waals surface area contributed by atoms with Gasteiger partial charge in [0.25, 0.3) is 0 Å². The molecule has 1 atom stereocenters. The molecule has 6 nitrogen and oxygen atoms in total. The lowest BCUT2D eigenvalue weighted by Gasteiger charge is -2.32. The predicted octanol–water partition coefficient (Wildman–Crippen LogP) is 3.24. The van der Waals surface area contributed by atoms with Gasteiger partial charge in [0.2, 0.25) is 5.91 Å². The van der Waals surface area contributed by atoms with Crippen molar-refractivity contribution in [1.29, 1.82) is 0 Å². The highest BCUT2D eigenvalue weighted by Crippen LogP contribution is 2.59. The molecular weight excluding hydrogens is 386 g/mol. The second kappa shape index (κ2) is 8.08. The van der Waals surface area contributed by atoms with Crippen LogP contribution in [-0.2, 0) is 24.8 Å². The zero-order chi connectivity index (χ0) is 21.4. The first kappa shape index (κ1) is 20.2. The van der Waals surface area contributed by atoms with Gasteiger partial charge in [0.05, 0.1) is 16.7 Å². The van der Waals surface area contributed by atoms with Crippen LogP contribution in [0.5, 0.6) is 0 Å². The molecule has 1 spiro atoms. The summed E-state index contributed by atoms with van der Waals surface area (Å²) in [5, 5.41) is 3.18. The zero-order valence-corrected chi connectivity index (χ0v) is 18.5. The van der Waals surface area contributed by atoms with Crippen LogP contribution in [0.1, 0.15) is 36.5 Å². The number of imidazole rings is 1. The van der Waals surface area contributed by atoms with E-state index in [1.54, 1.807) is 0 Å². The van der Waals surface area contributed by atoms with Crippen LogP contribution < -0.4 is 5.32 Å². The molecule has 1 amide bonds. The van der Waals surface area contributed by atoms with Crippen molar-refractivity contribution in [3.63, 3.8) is 0 Å². The molecule has 1 saturated heterocycles. The summed E-state index contributed by atoms with van der Waals surface area (Å²) in [5.74, 6) is 1.44. The van der Waals surface area contributed by atoms with Crippen LogP contribution in [0.25, 0.3) is 11.0 Å². The van der Waals surface area contributed by atoms with E-state index in [1.807, 2.05) is 38.2 Å². The Hall–Kier alpha value is -2.73. The van der Waals surface area contributed by atoms with Gasteiger partial charge in [-0.3, -0.25) is 14.7 Å². The molecular formula is C25H31N5O. The summed E-state index contributed by atoms with van der Waals surface area (Å²) in [6.45, 7) is 5.71. The highest BCUT2D eigenvalue weighted by Gasteiger charge is 2.58. The molecule has 3 heterocycles. The molecule has 1 aromatic carbocycles. The number of para-hydroxylation sites is 2. The maximum atomic E-state index is 12.8. The molecule has 0 bridgehead atoms. The molecule has 1 N–H and O–H groups in total. The van der Waals surface area contributed by atoms with Gasteiger partial charge in [-0.25, -0.2) is 4.98 Å². The number of piperidine rings is 1. The van der Waals surface area contributed by atoms with Crippen LogP contribution in [0, 0.1) is 18.3 Å². The number of aryl methyl sites for hydroxylation is 2. The molecule has 0 unspecified atom stereocenters. The summed E-state index contributed by atoms with van der Waals surface area (Å²) < 4.78 is 2.12. The normalized spacial score (nSPS) is 20.3. The molecule has 3 aromatic rings. The van der Waals surface area contributed by atoms with Crippen molar-refractivity contribution in [2.24, 2.45) is 18.4 Å². The van der Waals surface area contributed by atoms with Crippen molar-refractivity contribution in [2.75, 3.05) is 19.6 Å². The van der Waals surface area contributed by atoms with Crippen molar-refractivity contribution in [3.05, 3.63) is 59.7 Å². The molecule has 2 aliphatic rings. The Morgan fingerprint density at radius 1 is 1.13 bits per heavy atom. The minimum Gasteiger partial charge on any atom is -0.355 e. The minimum atomic E-state index is 0.187. The average molecular weight is 418 g/mol. The maximum Gasteiger partial charge on any atom is 0.223 e. The fraction of sp³-hybridized carbons (Fsp3) is 0.480. The summed E-state index contributed by atoms with van der Waals surface area (Å²) >= 11 is 0. The number of carbonyl (C=O) groups is 1. The van der Waals surface area contributed by atoms with E-state index in [0.29, 0.717) is 6.54 Å². The van der Waals surface area contributed by atoms with Crippen LogP contribution in [0.3, 0.4) is 0 Å². The Bertz CT molecular complexity index is 1100. The molecule has 1 saturated carbocycles. The number of likely N-dealkylation sites (tertiary alicyclic amines) is 1. The van der Waals surface area contributed by atoms with Gasteiger partial charge in [-0.2, -0.15) is 0 Å². The second-order valence-corrected chi connectivity index (χ2v) is 9.28. The summed E-state index contributed by atoms with van der Waals surface area (Å²) in [5.41, 5.74) is 4.60. The van der Waals surface area contributed by atoms with E-state index >= 15 is 0 Å². The van der Waals surface area contributed by atoms with Gasteiger partial charge in [0.15, 0.2) is 0 Å². The smallest absolute Gasteiger partial charge is 0.223 e. The van der Waals surface area contributed by atoms with E-state index in [-0.39, 0.29) is 17.2 Å². The van der Waals surface area contributed by atoms with Gasteiger partial charge >= 0.3 is 0 Å². The van der Waals surface area contributed by atoms with Gasteiger partial charge in [0.1, 0.15) is 5.82 Å². The number of fused-ring (bicyclic) bond motifs is 1. The minimum absolute atomic E-state index is 0.187. The first-order valence-electron chi connectivity index (χ1n) is 11.4. The fourth-order valence-corrected chi connectivity index (χ4v) is 5.18. The number of benzene rings is 1. The zero-order valence-electron chi connectivity index (χ0n) is 18.5. The van der Waals surface area contributed by atoms with E-state index in [2.05, 4.69) is 38.0 Å². The lowest BCUT2D eigenvalue weighted by molar-refractivity contribution is -0.123. The van der Waals surface area contributed by atoms with Crippen LogP contribution in [-0.4, -0.2) is 45.0 Å². The van der Waals surface area contributed by atoms with Crippen molar-refractivity contribution in [2.45, 2.75) is 39.2 Å². The molecule has 162 valence electrons. The maximum absolute atomic E-state index is 12.8. The number of nitrogens with zero attached hydrogens (tertiary/aromatic N) is 4. The van der Waals surface area contributed by atoms with Crippen LogP contribution in [0.2, 0.25) is 0 Å². The highest BCUT2D eigenvalue weighted by atomic mass is 16.2. The quantitative estimate of drug-likeness (QED) is 0.669. The van der Waals surface area contributed by atoms with Gasteiger partial charge in [0, 0.05) is 38.2 Å². The lowest BCUT2D eigenvalue weighted by atomic mass is 9.90. The molecule has 1 aliphatic heterocycles.